The predicted molar refractivity (Wildman–Crippen MR) is 76.9 cm³/mol. The Hall–Kier alpha value is -1.55. The number of aryl methyl sites for hydroxylation is 1. The minimum absolute atomic E-state index is 0.0794. The van der Waals surface area contributed by atoms with Crippen LogP contribution in [0.2, 0.25) is 0 Å². The van der Waals surface area contributed by atoms with Gasteiger partial charge in [-0.25, -0.2) is 0 Å². The molecular weight excluding hydrogens is 240 g/mol. The maximum absolute atomic E-state index is 11.9. The Kier molecular flexibility index (Phi) is 5.36. The van der Waals surface area contributed by atoms with E-state index in [0.717, 1.165) is 18.4 Å². The molecule has 4 heteroatoms. The first kappa shape index (κ1) is 15.5. The van der Waals surface area contributed by atoms with Gasteiger partial charge < -0.3 is 16.2 Å². The van der Waals surface area contributed by atoms with Crippen LogP contribution in [0.5, 0.6) is 5.75 Å². The second-order valence-corrected chi connectivity index (χ2v) is 5.35. The van der Waals surface area contributed by atoms with E-state index >= 15 is 0 Å². The summed E-state index contributed by atoms with van der Waals surface area (Å²) in [6.07, 6.45) is 2.31. The van der Waals surface area contributed by atoms with Crippen LogP contribution in [-0.2, 0) is 11.2 Å². The third-order valence-corrected chi connectivity index (χ3v) is 3.43. The van der Waals surface area contributed by atoms with Crippen molar-refractivity contribution in [1.82, 2.24) is 5.32 Å². The molecule has 1 aromatic rings. The van der Waals surface area contributed by atoms with Crippen LogP contribution in [0.15, 0.2) is 24.3 Å². The quantitative estimate of drug-likeness (QED) is 0.735. The summed E-state index contributed by atoms with van der Waals surface area (Å²) in [5.74, 6) is 0.167. The molecule has 0 fully saturated rings. The third-order valence-electron chi connectivity index (χ3n) is 3.43. The Morgan fingerprint density at radius 1 is 1.42 bits per heavy atom. The number of hydrogen-bond acceptors (Lipinski definition) is 3. The maximum atomic E-state index is 11.9. The largest absolute Gasteiger partial charge is 0.508 e. The van der Waals surface area contributed by atoms with Crippen LogP contribution >= 0.6 is 0 Å². The van der Waals surface area contributed by atoms with Gasteiger partial charge >= 0.3 is 0 Å². The van der Waals surface area contributed by atoms with Gasteiger partial charge in [-0.1, -0.05) is 19.1 Å². The fraction of sp³-hybridized carbons (Fsp3) is 0.533. The van der Waals surface area contributed by atoms with Gasteiger partial charge in [0.1, 0.15) is 5.75 Å². The van der Waals surface area contributed by atoms with Crippen molar-refractivity contribution in [2.24, 2.45) is 5.73 Å². The maximum Gasteiger partial charge on any atom is 0.239 e. The average Bonchev–Trinajstić information content (AvgIpc) is 2.38. The van der Waals surface area contributed by atoms with Crippen LogP contribution in [0.3, 0.4) is 0 Å². The lowest BCUT2D eigenvalue weighted by atomic mass is 9.98. The average molecular weight is 264 g/mol. The van der Waals surface area contributed by atoms with Crippen LogP contribution in [0.25, 0.3) is 0 Å². The number of amides is 1. The van der Waals surface area contributed by atoms with Crippen LogP contribution in [0.4, 0.5) is 0 Å². The molecule has 0 radical (unpaired) electrons. The summed E-state index contributed by atoms with van der Waals surface area (Å²) in [7, 11) is 0. The number of carbonyl (C=O) groups excluding carboxylic acids is 1. The molecule has 0 spiro atoms. The number of benzene rings is 1. The minimum atomic E-state index is -0.799. The van der Waals surface area contributed by atoms with Crippen molar-refractivity contribution < 1.29 is 9.90 Å². The van der Waals surface area contributed by atoms with Gasteiger partial charge in [-0.05, 0) is 50.8 Å². The number of nitrogens with one attached hydrogen (secondary N) is 1. The molecule has 0 aliphatic heterocycles. The summed E-state index contributed by atoms with van der Waals surface area (Å²) in [6.45, 7) is 5.62. The van der Waals surface area contributed by atoms with E-state index < -0.39 is 5.54 Å². The Labute approximate surface area is 115 Å². The highest BCUT2D eigenvalue weighted by Crippen LogP contribution is 2.12. The van der Waals surface area contributed by atoms with Gasteiger partial charge in [0.05, 0.1) is 5.54 Å². The van der Waals surface area contributed by atoms with Crippen LogP contribution in [-0.4, -0.2) is 22.6 Å². The molecule has 0 aromatic heterocycles. The Morgan fingerprint density at radius 3 is 2.53 bits per heavy atom. The lowest BCUT2D eigenvalue weighted by molar-refractivity contribution is -0.126. The third kappa shape index (κ3) is 4.91. The lowest BCUT2D eigenvalue weighted by Crippen LogP contribution is -2.53. The molecule has 2 unspecified atom stereocenters. The number of hydrogen-bond donors (Lipinski definition) is 3. The van der Waals surface area contributed by atoms with Gasteiger partial charge in [-0.2, -0.15) is 0 Å². The first-order valence-electron chi connectivity index (χ1n) is 6.73. The predicted octanol–water partition coefficient (Wildman–Crippen LogP) is 1.96. The summed E-state index contributed by atoms with van der Waals surface area (Å²) in [5.41, 5.74) is 6.24. The summed E-state index contributed by atoms with van der Waals surface area (Å²) in [6, 6.07) is 7.21. The van der Waals surface area contributed by atoms with E-state index in [0.29, 0.717) is 6.42 Å². The second kappa shape index (κ2) is 6.57. The topological polar surface area (TPSA) is 75.4 Å². The first-order chi connectivity index (χ1) is 8.85. The lowest BCUT2D eigenvalue weighted by Gasteiger charge is -2.24. The van der Waals surface area contributed by atoms with Crippen molar-refractivity contribution in [2.75, 3.05) is 0 Å². The number of phenols is 1. The van der Waals surface area contributed by atoms with E-state index in [2.05, 4.69) is 5.32 Å². The first-order valence-corrected chi connectivity index (χ1v) is 6.73. The fourth-order valence-corrected chi connectivity index (χ4v) is 1.67. The molecule has 0 heterocycles. The van der Waals surface area contributed by atoms with E-state index in [1.165, 1.54) is 0 Å². The number of phenolic OH excluding ortho intramolecular Hbond substituents is 1. The standard InChI is InChI=1S/C15H24N2O2/c1-4-15(3,16)14(19)17-11(2)5-6-12-7-9-13(18)10-8-12/h7-11,18H,4-6,16H2,1-3H3,(H,17,19). The van der Waals surface area contributed by atoms with Gasteiger partial charge in [0.2, 0.25) is 5.91 Å². The summed E-state index contributed by atoms with van der Waals surface area (Å²) in [4.78, 5) is 11.9. The zero-order valence-electron chi connectivity index (χ0n) is 11.9. The summed E-state index contributed by atoms with van der Waals surface area (Å²) in [5, 5.41) is 12.1. The molecule has 4 nitrogen and oxygen atoms in total. The van der Waals surface area contributed by atoms with Crippen LogP contribution in [0.1, 0.15) is 39.2 Å². The zero-order chi connectivity index (χ0) is 14.5. The van der Waals surface area contributed by atoms with Crippen molar-refractivity contribution in [2.45, 2.75) is 51.6 Å². The molecule has 0 aliphatic carbocycles. The van der Waals surface area contributed by atoms with Gasteiger partial charge in [-0.3, -0.25) is 4.79 Å². The van der Waals surface area contributed by atoms with E-state index in [9.17, 15) is 9.90 Å². The molecule has 0 saturated carbocycles. The fourth-order valence-electron chi connectivity index (χ4n) is 1.67. The highest BCUT2D eigenvalue weighted by molar-refractivity contribution is 5.85. The molecule has 19 heavy (non-hydrogen) atoms. The Morgan fingerprint density at radius 2 is 2.00 bits per heavy atom. The van der Waals surface area contributed by atoms with E-state index in [1.54, 1.807) is 19.1 Å². The molecule has 1 aromatic carbocycles. The van der Waals surface area contributed by atoms with E-state index in [1.807, 2.05) is 26.0 Å². The molecule has 2 atom stereocenters. The summed E-state index contributed by atoms with van der Waals surface area (Å²) < 4.78 is 0. The van der Waals surface area contributed by atoms with Gasteiger partial charge in [0.25, 0.3) is 0 Å². The van der Waals surface area contributed by atoms with E-state index in [4.69, 9.17) is 5.73 Å². The van der Waals surface area contributed by atoms with Crippen molar-refractivity contribution in [1.29, 1.82) is 0 Å². The monoisotopic (exact) mass is 264 g/mol. The van der Waals surface area contributed by atoms with Crippen molar-refractivity contribution in [3.63, 3.8) is 0 Å². The van der Waals surface area contributed by atoms with Gasteiger partial charge in [0, 0.05) is 6.04 Å². The summed E-state index contributed by atoms with van der Waals surface area (Å²) >= 11 is 0. The van der Waals surface area contributed by atoms with Crippen LogP contribution in [0, 0.1) is 0 Å². The number of nitrogens with two attached hydrogens (primary N) is 1. The second-order valence-electron chi connectivity index (χ2n) is 5.35. The number of aromatic hydroxyl groups is 1. The van der Waals surface area contributed by atoms with Crippen molar-refractivity contribution in [3.8, 4) is 5.75 Å². The molecule has 1 rings (SSSR count). The number of carbonyl (C=O) groups is 1. The highest BCUT2D eigenvalue weighted by Gasteiger charge is 2.26. The normalized spacial score (nSPS) is 15.6. The molecule has 0 bridgehead atoms. The molecule has 4 N–H and O–H groups in total. The Balaban J connectivity index is 2.42. The molecule has 0 saturated heterocycles. The molecule has 0 aliphatic rings. The van der Waals surface area contributed by atoms with Crippen molar-refractivity contribution >= 4 is 5.91 Å². The zero-order valence-corrected chi connectivity index (χ0v) is 11.9. The molecule has 106 valence electrons. The Bertz CT molecular complexity index is 413. The van der Waals surface area contributed by atoms with Crippen LogP contribution < -0.4 is 11.1 Å². The molecule has 1 amide bonds. The van der Waals surface area contributed by atoms with E-state index in [-0.39, 0.29) is 17.7 Å². The smallest absolute Gasteiger partial charge is 0.239 e. The minimum Gasteiger partial charge on any atom is -0.508 e. The van der Waals surface area contributed by atoms with Gasteiger partial charge in [0.15, 0.2) is 0 Å². The highest BCUT2D eigenvalue weighted by atomic mass is 16.3. The molecular formula is C15H24N2O2. The van der Waals surface area contributed by atoms with Gasteiger partial charge in [-0.15, -0.1) is 0 Å². The van der Waals surface area contributed by atoms with Crippen molar-refractivity contribution in [3.05, 3.63) is 29.8 Å². The SMILES string of the molecule is CCC(C)(N)C(=O)NC(C)CCc1ccc(O)cc1. The number of rotatable bonds is 6.